The summed E-state index contributed by atoms with van der Waals surface area (Å²) in [6.45, 7) is 0. The van der Waals surface area contributed by atoms with Crippen LogP contribution in [-0.4, -0.2) is 17.0 Å². The first-order chi connectivity index (χ1) is 11.0. The number of rotatable bonds is 5. The van der Waals surface area contributed by atoms with Crippen LogP contribution in [0, 0.1) is 10.1 Å². The third-order valence-corrected chi connectivity index (χ3v) is 3.55. The van der Waals surface area contributed by atoms with E-state index in [1.807, 2.05) is 0 Å². The molecule has 6 nitrogen and oxygen atoms in total. The number of nitro groups is 1. The minimum atomic E-state index is -0.499. The molecule has 2 aromatic rings. The van der Waals surface area contributed by atoms with Crippen molar-refractivity contribution in [2.75, 3.05) is 0 Å². The number of hydrazone groups is 1. The van der Waals surface area contributed by atoms with Crippen LogP contribution in [0.5, 0.6) is 0 Å². The fourth-order valence-electron chi connectivity index (χ4n) is 1.76. The molecule has 0 radical (unpaired) electrons. The van der Waals surface area contributed by atoms with Gasteiger partial charge in [0.25, 0.3) is 5.69 Å². The summed E-state index contributed by atoms with van der Waals surface area (Å²) in [6, 6.07) is 10.7. The summed E-state index contributed by atoms with van der Waals surface area (Å²) in [5.41, 5.74) is 3.47. The number of carbonyl (C=O) groups excluding carboxylic acids is 1. The zero-order valence-corrected chi connectivity index (χ0v) is 13.2. The summed E-state index contributed by atoms with van der Waals surface area (Å²) in [6.07, 6.45) is 1.41. The quantitative estimate of drug-likeness (QED) is 0.507. The number of nitrogens with one attached hydrogen (secondary N) is 1. The molecule has 0 bridgehead atoms. The average molecular weight is 352 g/mol. The highest BCUT2D eigenvalue weighted by molar-refractivity contribution is 6.38. The third-order valence-electron chi connectivity index (χ3n) is 2.89. The normalized spacial score (nSPS) is 10.7. The minimum absolute atomic E-state index is 0.0273. The first-order valence-corrected chi connectivity index (χ1v) is 7.22. The van der Waals surface area contributed by atoms with Crippen molar-refractivity contribution in [2.45, 2.75) is 6.42 Å². The van der Waals surface area contributed by atoms with E-state index in [9.17, 15) is 14.9 Å². The molecule has 0 aliphatic rings. The van der Waals surface area contributed by atoms with E-state index in [2.05, 4.69) is 10.5 Å². The van der Waals surface area contributed by atoms with Crippen LogP contribution in [0.2, 0.25) is 10.0 Å². The lowest BCUT2D eigenvalue weighted by Gasteiger charge is -2.02. The van der Waals surface area contributed by atoms with Crippen molar-refractivity contribution in [3.63, 3.8) is 0 Å². The third kappa shape index (κ3) is 4.77. The molecule has 2 aromatic carbocycles. The van der Waals surface area contributed by atoms with Crippen molar-refractivity contribution >= 4 is 41.0 Å². The van der Waals surface area contributed by atoms with Gasteiger partial charge in [0.05, 0.1) is 27.6 Å². The van der Waals surface area contributed by atoms with Gasteiger partial charge in [-0.25, -0.2) is 5.43 Å². The van der Waals surface area contributed by atoms with Gasteiger partial charge in [0, 0.05) is 17.7 Å². The van der Waals surface area contributed by atoms with Gasteiger partial charge in [0.15, 0.2) is 0 Å². The zero-order chi connectivity index (χ0) is 16.8. The topological polar surface area (TPSA) is 84.6 Å². The number of non-ortho nitro benzene ring substituents is 1. The van der Waals surface area contributed by atoms with Crippen molar-refractivity contribution in [3.8, 4) is 0 Å². The Morgan fingerprint density at radius 3 is 2.35 bits per heavy atom. The molecule has 0 aliphatic heterocycles. The predicted octanol–water partition coefficient (Wildman–Crippen LogP) is 3.59. The Morgan fingerprint density at radius 2 is 1.78 bits per heavy atom. The van der Waals surface area contributed by atoms with Crippen molar-refractivity contribution in [3.05, 3.63) is 73.8 Å². The van der Waals surface area contributed by atoms with Crippen molar-refractivity contribution in [2.24, 2.45) is 5.10 Å². The van der Waals surface area contributed by atoms with Crippen LogP contribution >= 0.6 is 23.2 Å². The second-order valence-electron chi connectivity index (χ2n) is 4.53. The fourth-order valence-corrected chi connectivity index (χ4v) is 2.26. The van der Waals surface area contributed by atoms with Crippen LogP contribution in [0.1, 0.15) is 11.1 Å². The Kier molecular flexibility index (Phi) is 5.67. The number of hydrogen-bond acceptors (Lipinski definition) is 4. The van der Waals surface area contributed by atoms with Crippen LogP contribution in [0.3, 0.4) is 0 Å². The smallest absolute Gasteiger partial charge is 0.269 e. The molecule has 8 heteroatoms. The SMILES string of the molecule is O=C(Cc1ccc([N+](=O)[O-])cc1)N/N=C\c1c(Cl)cccc1Cl. The lowest BCUT2D eigenvalue weighted by molar-refractivity contribution is -0.384. The maximum absolute atomic E-state index is 11.8. The largest absolute Gasteiger partial charge is 0.273 e. The van der Waals surface area contributed by atoms with Crippen LogP contribution in [0.4, 0.5) is 5.69 Å². The van der Waals surface area contributed by atoms with E-state index in [0.717, 1.165) is 0 Å². The molecular formula is C15H11Cl2N3O3. The molecule has 1 amide bonds. The Balaban J connectivity index is 1.95. The standard InChI is InChI=1S/C15H11Cl2N3O3/c16-13-2-1-3-14(17)12(13)9-18-19-15(21)8-10-4-6-11(7-5-10)20(22)23/h1-7,9H,8H2,(H,19,21)/b18-9-. The highest BCUT2D eigenvalue weighted by Crippen LogP contribution is 2.22. The molecule has 0 atom stereocenters. The van der Waals surface area contributed by atoms with Gasteiger partial charge in [-0.1, -0.05) is 41.4 Å². The second kappa shape index (κ2) is 7.71. The number of nitrogens with zero attached hydrogens (tertiary/aromatic N) is 2. The predicted molar refractivity (Wildman–Crippen MR) is 89.0 cm³/mol. The van der Waals surface area contributed by atoms with Crippen molar-refractivity contribution in [1.82, 2.24) is 5.43 Å². The highest BCUT2D eigenvalue weighted by atomic mass is 35.5. The van der Waals surface area contributed by atoms with Gasteiger partial charge in [-0.3, -0.25) is 14.9 Å². The van der Waals surface area contributed by atoms with Crippen LogP contribution in [-0.2, 0) is 11.2 Å². The lowest BCUT2D eigenvalue weighted by atomic mass is 10.1. The molecular weight excluding hydrogens is 341 g/mol. The molecule has 0 heterocycles. The molecule has 118 valence electrons. The number of amides is 1. The van der Waals surface area contributed by atoms with Crippen LogP contribution < -0.4 is 5.43 Å². The number of nitro benzene ring substituents is 1. The van der Waals surface area contributed by atoms with Crippen molar-refractivity contribution in [1.29, 1.82) is 0 Å². The zero-order valence-electron chi connectivity index (χ0n) is 11.7. The summed E-state index contributed by atoms with van der Waals surface area (Å²) in [5, 5.41) is 15.2. The molecule has 0 saturated carbocycles. The molecule has 2 rings (SSSR count). The van der Waals surface area contributed by atoms with Crippen LogP contribution in [0.15, 0.2) is 47.6 Å². The maximum Gasteiger partial charge on any atom is 0.269 e. The van der Waals surface area contributed by atoms with Crippen LogP contribution in [0.25, 0.3) is 0 Å². The molecule has 0 aliphatic carbocycles. The minimum Gasteiger partial charge on any atom is -0.273 e. The number of halogens is 2. The van der Waals surface area contributed by atoms with Crippen molar-refractivity contribution < 1.29 is 9.72 Å². The molecule has 0 aromatic heterocycles. The molecule has 1 N–H and O–H groups in total. The monoisotopic (exact) mass is 351 g/mol. The Labute approximate surface area is 141 Å². The van der Waals surface area contributed by atoms with E-state index in [-0.39, 0.29) is 18.0 Å². The molecule has 0 fully saturated rings. The van der Waals surface area contributed by atoms with E-state index < -0.39 is 4.92 Å². The highest BCUT2D eigenvalue weighted by Gasteiger charge is 2.07. The van der Waals surface area contributed by atoms with Gasteiger partial charge < -0.3 is 0 Å². The van der Waals surface area contributed by atoms with E-state index >= 15 is 0 Å². The van der Waals surface area contributed by atoms with Gasteiger partial charge in [-0.05, 0) is 17.7 Å². The first kappa shape index (κ1) is 16.9. The molecule has 0 saturated heterocycles. The number of hydrogen-bond donors (Lipinski definition) is 1. The van der Waals surface area contributed by atoms with E-state index in [1.165, 1.54) is 30.5 Å². The lowest BCUT2D eigenvalue weighted by Crippen LogP contribution is -2.19. The van der Waals surface area contributed by atoms with E-state index in [4.69, 9.17) is 23.2 Å². The summed E-state index contributed by atoms with van der Waals surface area (Å²) in [7, 11) is 0. The first-order valence-electron chi connectivity index (χ1n) is 6.46. The number of benzene rings is 2. The Hall–Kier alpha value is -2.44. The molecule has 23 heavy (non-hydrogen) atoms. The summed E-state index contributed by atoms with van der Waals surface area (Å²) < 4.78 is 0. The van der Waals surface area contributed by atoms with Gasteiger partial charge >= 0.3 is 0 Å². The summed E-state index contributed by atoms with van der Waals surface area (Å²) >= 11 is 11.9. The molecule has 0 spiro atoms. The second-order valence-corrected chi connectivity index (χ2v) is 5.34. The number of carbonyl (C=O) groups is 1. The average Bonchev–Trinajstić information content (AvgIpc) is 2.51. The van der Waals surface area contributed by atoms with Gasteiger partial charge in [0.2, 0.25) is 5.91 Å². The van der Waals surface area contributed by atoms with Gasteiger partial charge in [0.1, 0.15) is 0 Å². The maximum atomic E-state index is 11.8. The Bertz CT molecular complexity index is 741. The Morgan fingerprint density at radius 1 is 1.17 bits per heavy atom. The fraction of sp³-hybridized carbons (Fsp3) is 0.0667. The van der Waals surface area contributed by atoms with Gasteiger partial charge in [-0.15, -0.1) is 0 Å². The van der Waals surface area contributed by atoms with E-state index in [0.29, 0.717) is 21.2 Å². The van der Waals surface area contributed by atoms with Gasteiger partial charge in [-0.2, -0.15) is 5.10 Å². The molecule has 0 unspecified atom stereocenters. The van der Waals surface area contributed by atoms with E-state index in [1.54, 1.807) is 18.2 Å². The summed E-state index contributed by atoms with van der Waals surface area (Å²) in [4.78, 5) is 21.8. The summed E-state index contributed by atoms with van der Waals surface area (Å²) in [5.74, 6) is -0.363.